The van der Waals surface area contributed by atoms with Gasteiger partial charge in [0.2, 0.25) is 5.50 Å². The van der Waals surface area contributed by atoms with Gasteiger partial charge in [-0.15, -0.1) is 0 Å². The molecule has 1 rings (SSSR count). The Morgan fingerprint density at radius 3 is 2.79 bits per heavy atom. The van der Waals surface area contributed by atoms with Gasteiger partial charge in [-0.2, -0.15) is 4.57 Å². The van der Waals surface area contributed by atoms with Gasteiger partial charge < -0.3 is 15.2 Å². The van der Waals surface area contributed by atoms with Gasteiger partial charge in [0, 0.05) is 6.92 Å². The Bertz CT molecular complexity index is 350. The van der Waals surface area contributed by atoms with Crippen molar-refractivity contribution in [2.75, 3.05) is 0 Å². The second-order valence-corrected chi connectivity index (χ2v) is 3.35. The molecule has 0 aliphatic heterocycles. The first-order chi connectivity index (χ1) is 6.45. The highest BCUT2D eigenvalue weighted by Crippen LogP contribution is 2.25. The van der Waals surface area contributed by atoms with E-state index in [2.05, 4.69) is 4.98 Å². The number of alkyl halides is 1. The Labute approximate surface area is 85.3 Å². The van der Waals surface area contributed by atoms with Crippen LogP contribution in [0, 0.1) is 17.0 Å². The Morgan fingerprint density at radius 2 is 2.36 bits per heavy atom. The third-order valence-electron chi connectivity index (χ3n) is 1.79. The third-order valence-corrected chi connectivity index (χ3v) is 2.35. The van der Waals surface area contributed by atoms with E-state index in [0.29, 0.717) is 5.82 Å². The van der Waals surface area contributed by atoms with Crippen molar-refractivity contribution in [3.8, 4) is 0 Å². The Hall–Kier alpha value is -1.14. The minimum atomic E-state index is -0.886. The fourth-order valence-corrected chi connectivity index (χ4v) is 1.34. The van der Waals surface area contributed by atoms with Crippen molar-refractivity contribution >= 4 is 17.4 Å². The number of aryl methyl sites for hydroxylation is 1. The van der Waals surface area contributed by atoms with Crippen molar-refractivity contribution in [1.82, 2.24) is 9.55 Å². The summed E-state index contributed by atoms with van der Waals surface area (Å²) in [4.78, 5) is 13.7. The smallest absolute Gasteiger partial charge is 0.344 e. The minimum Gasteiger partial charge on any atom is -0.388 e. The first kappa shape index (κ1) is 10.9. The predicted octanol–water partition coefficient (Wildman–Crippen LogP) is 1.22. The summed E-state index contributed by atoms with van der Waals surface area (Å²) in [6, 6.07) is 0. The molecule has 0 saturated heterocycles. The predicted molar refractivity (Wildman–Crippen MR) is 50.2 cm³/mol. The molecule has 2 atom stereocenters. The van der Waals surface area contributed by atoms with Gasteiger partial charge in [-0.3, -0.25) is 0 Å². The van der Waals surface area contributed by atoms with Gasteiger partial charge in [-0.1, -0.05) is 11.6 Å². The lowest BCUT2D eigenvalue weighted by molar-refractivity contribution is -0.392. The van der Waals surface area contributed by atoms with Gasteiger partial charge in [-0.25, -0.2) is 4.98 Å². The van der Waals surface area contributed by atoms with E-state index >= 15 is 0 Å². The molecular weight excluding hydrogens is 210 g/mol. The van der Waals surface area contributed by atoms with E-state index in [4.69, 9.17) is 11.6 Å². The van der Waals surface area contributed by atoms with Crippen molar-refractivity contribution in [3.63, 3.8) is 0 Å². The summed E-state index contributed by atoms with van der Waals surface area (Å²) in [6.07, 6.45) is 0.232. The largest absolute Gasteiger partial charge is 0.388 e. The van der Waals surface area contributed by atoms with Gasteiger partial charge in [0.05, 0.1) is 0 Å². The van der Waals surface area contributed by atoms with Crippen LogP contribution in [0.15, 0.2) is 6.20 Å². The fourth-order valence-electron chi connectivity index (χ4n) is 1.10. The van der Waals surface area contributed by atoms with Crippen LogP contribution >= 0.6 is 11.6 Å². The first-order valence-electron chi connectivity index (χ1n) is 3.95. The summed E-state index contributed by atoms with van der Waals surface area (Å²) in [5, 5.41) is 19.8. The number of aliphatic hydroxyl groups is 1. The van der Waals surface area contributed by atoms with Crippen LogP contribution in [-0.2, 0) is 0 Å². The zero-order chi connectivity index (χ0) is 10.9. The maximum Gasteiger partial charge on any atom is 0.344 e. The van der Waals surface area contributed by atoms with Crippen LogP contribution in [0.5, 0.6) is 0 Å². The van der Waals surface area contributed by atoms with Crippen LogP contribution in [0.3, 0.4) is 0 Å². The van der Waals surface area contributed by atoms with Gasteiger partial charge >= 0.3 is 5.82 Å². The Balaban J connectivity index is 3.17. The van der Waals surface area contributed by atoms with E-state index in [1.165, 1.54) is 11.5 Å². The van der Waals surface area contributed by atoms with E-state index in [-0.39, 0.29) is 5.82 Å². The highest BCUT2D eigenvalue weighted by Gasteiger charge is 2.27. The molecule has 0 aliphatic carbocycles. The monoisotopic (exact) mass is 219 g/mol. The van der Waals surface area contributed by atoms with Crippen molar-refractivity contribution in [1.29, 1.82) is 0 Å². The quantitative estimate of drug-likeness (QED) is 0.471. The molecule has 0 aliphatic rings. The molecule has 0 bridgehead atoms. The van der Waals surface area contributed by atoms with Crippen LogP contribution in [0.25, 0.3) is 0 Å². The molecule has 1 N–H and O–H groups in total. The van der Waals surface area contributed by atoms with Crippen molar-refractivity contribution < 1.29 is 10.0 Å². The third kappa shape index (κ3) is 1.85. The zero-order valence-electron chi connectivity index (χ0n) is 7.72. The van der Waals surface area contributed by atoms with Gasteiger partial charge in [0.25, 0.3) is 0 Å². The average molecular weight is 220 g/mol. The van der Waals surface area contributed by atoms with Crippen LogP contribution in [0.2, 0.25) is 0 Å². The molecule has 78 valence electrons. The lowest BCUT2D eigenvalue weighted by Crippen LogP contribution is -2.18. The average Bonchev–Trinajstić information content (AvgIpc) is 2.45. The highest BCUT2D eigenvalue weighted by atomic mass is 35.5. The number of hydrogen-bond donors (Lipinski definition) is 1. The summed E-state index contributed by atoms with van der Waals surface area (Å²) in [6.45, 7) is 3.05. The molecule has 0 aromatic carbocycles. The zero-order valence-corrected chi connectivity index (χ0v) is 8.47. The minimum absolute atomic E-state index is 0.219. The molecule has 1 heterocycles. The van der Waals surface area contributed by atoms with Crippen LogP contribution in [0.4, 0.5) is 5.82 Å². The van der Waals surface area contributed by atoms with Crippen molar-refractivity contribution in [3.05, 3.63) is 22.1 Å². The standard InChI is InChI=1S/C7H10ClN3O3/c1-4(12)7(8)10-5(2)9-3-6(10)11(13)14/h3-4,7,12H,1-2H3. The normalized spacial score (nSPS) is 15.1. The Morgan fingerprint density at radius 1 is 1.79 bits per heavy atom. The highest BCUT2D eigenvalue weighted by molar-refractivity contribution is 6.19. The van der Waals surface area contributed by atoms with Gasteiger partial charge in [0.1, 0.15) is 12.3 Å². The number of hydrogen-bond acceptors (Lipinski definition) is 4. The maximum atomic E-state index is 10.6. The number of halogens is 1. The molecule has 2 unspecified atom stereocenters. The van der Waals surface area contributed by atoms with Crippen LogP contribution in [-0.4, -0.2) is 25.7 Å². The molecule has 0 radical (unpaired) electrons. The summed E-state index contributed by atoms with van der Waals surface area (Å²) in [7, 11) is 0. The topological polar surface area (TPSA) is 81.2 Å². The molecule has 7 heteroatoms. The molecular formula is C7H10ClN3O3. The lowest BCUT2D eigenvalue weighted by atomic mass is 10.4. The second-order valence-electron chi connectivity index (χ2n) is 2.90. The van der Waals surface area contributed by atoms with E-state index in [0.717, 1.165) is 6.20 Å². The summed E-state index contributed by atoms with van der Waals surface area (Å²) >= 11 is 5.81. The van der Waals surface area contributed by atoms with Crippen molar-refractivity contribution in [2.24, 2.45) is 0 Å². The fraction of sp³-hybridized carbons (Fsp3) is 0.571. The molecule has 1 aromatic heterocycles. The summed E-state index contributed by atoms with van der Waals surface area (Å²) < 4.78 is 1.19. The van der Waals surface area contributed by atoms with Crippen LogP contribution in [0.1, 0.15) is 18.2 Å². The van der Waals surface area contributed by atoms with E-state index in [9.17, 15) is 15.2 Å². The molecule has 6 nitrogen and oxygen atoms in total. The number of aliphatic hydroxyl groups excluding tert-OH is 1. The molecule has 0 amide bonds. The molecule has 0 saturated carbocycles. The number of nitrogens with zero attached hydrogens (tertiary/aromatic N) is 3. The van der Waals surface area contributed by atoms with E-state index < -0.39 is 16.5 Å². The molecule has 1 aromatic rings. The first-order valence-corrected chi connectivity index (χ1v) is 4.39. The number of rotatable bonds is 3. The van der Waals surface area contributed by atoms with Gasteiger partial charge in [0.15, 0.2) is 5.82 Å². The second kappa shape index (κ2) is 3.93. The van der Waals surface area contributed by atoms with Gasteiger partial charge in [-0.05, 0) is 11.8 Å². The van der Waals surface area contributed by atoms with Crippen molar-refractivity contribution in [2.45, 2.75) is 25.5 Å². The maximum absolute atomic E-state index is 10.6. The molecule has 0 spiro atoms. The lowest BCUT2D eigenvalue weighted by Gasteiger charge is -2.11. The SMILES string of the molecule is Cc1ncc([N+](=O)[O-])n1C(Cl)C(C)O. The Kier molecular flexibility index (Phi) is 3.07. The van der Waals surface area contributed by atoms with E-state index in [1.54, 1.807) is 6.92 Å². The molecule has 14 heavy (non-hydrogen) atoms. The summed E-state index contributed by atoms with van der Waals surface area (Å²) in [5.41, 5.74) is -0.877. The number of nitro groups is 1. The van der Waals surface area contributed by atoms with E-state index in [1.807, 2.05) is 0 Å². The van der Waals surface area contributed by atoms with Crippen LogP contribution < -0.4 is 0 Å². The summed E-state index contributed by atoms with van der Waals surface area (Å²) in [5.74, 6) is 0.181. The number of imidazole rings is 1. The molecule has 0 fully saturated rings. The number of aromatic nitrogens is 2.